The highest BCUT2D eigenvalue weighted by Crippen LogP contribution is 2.16. The first-order valence-electron chi connectivity index (χ1n) is 5.69. The molecule has 4 heteroatoms. The Balaban J connectivity index is 1.82. The van der Waals surface area contributed by atoms with Crippen molar-refractivity contribution in [3.8, 4) is 5.69 Å². The Bertz CT molecular complexity index is 617. The molecule has 3 aromatic rings. The molecule has 2 heterocycles. The maximum atomic E-state index is 4.32. The zero-order valence-electron chi connectivity index (χ0n) is 9.69. The van der Waals surface area contributed by atoms with Crippen LogP contribution in [0.3, 0.4) is 0 Å². The first-order chi connectivity index (χ1) is 8.92. The van der Waals surface area contributed by atoms with Crippen LogP contribution < -0.4 is 5.32 Å². The number of rotatable bonds is 3. The first kappa shape index (κ1) is 10.5. The van der Waals surface area contributed by atoms with Gasteiger partial charge in [0.15, 0.2) is 0 Å². The lowest BCUT2D eigenvalue weighted by molar-refractivity contribution is 0.881. The van der Waals surface area contributed by atoms with Gasteiger partial charge in [0.05, 0.1) is 35.7 Å². The molecule has 0 bridgehead atoms. The lowest BCUT2D eigenvalue weighted by Gasteiger charge is -2.01. The van der Waals surface area contributed by atoms with Crippen LogP contribution in [-0.4, -0.2) is 14.8 Å². The number of nitrogens with one attached hydrogen (secondary N) is 1. The van der Waals surface area contributed by atoms with Gasteiger partial charge in [-0.15, -0.1) is 0 Å². The Morgan fingerprint density at radius 3 is 2.56 bits per heavy atom. The van der Waals surface area contributed by atoms with Crippen molar-refractivity contribution < 1.29 is 0 Å². The van der Waals surface area contributed by atoms with Gasteiger partial charge in [-0.1, -0.05) is 18.2 Å². The highest BCUT2D eigenvalue weighted by atomic mass is 15.3. The Labute approximate surface area is 105 Å². The van der Waals surface area contributed by atoms with Crippen molar-refractivity contribution in [1.82, 2.24) is 14.8 Å². The van der Waals surface area contributed by atoms with Gasteiger partial charge in [-0.3, -0.25) is 4.98 Å². The molecule has 0 atom stereocenters. The van der Waals surface area contributed by atoms with Gasteiger partial charge in [0, 0.05) is 6.20 Å². The molecule has 0 amide bonds. The predicted octanol–water partition coefficient (Wildman–Crippen LogP) is 3.01. The number of anilines is 2. The zero-order valence-corrected chi connectivity index (χ0v) is 9.69. The second kappa shape index (κ2) is 4.71. The standard InChI is InChI=1S/C14H12N4/c1-2-6-14(7-3-1)18-11-13(10-16-18)17-12-5-4-8-15-9-12/h1-11,17H. The first-order valence-corrected chi connectivity index (χ1v) is 5.69. The average Bonchev–Trinajstić information content (AvgIpc) is 2.89. The minimum Gasteiger partial charge on any atom is -0.352 e. The highest BCUT2D eigenvalue weighted by molar-refractivity contribution is 5.57. The predicted molar refractivity (Wildman–Crippen MR) is 71.1 cm³/mol. The van der Waals surface area contributed by atoms with E-state index in [4.69, 9.17) is 0 Å². The topological polar surface area (TPSA) is 42.7 Å². The summed E-state index contributed by atoms with van der Waals surface area (Å²) in [5.74, 6) is 0. The minimum atomic E-state index is 0.937. The van der Waals surface area contributed by atoms with E-state index in [-0.39, 0.29) is 0 Å². The van der Waals surface area contributed by atoms with Crippen LogP contribution in [0.5, 0.6) is 0 Å². The Morgan fingerprint density at radius 2 is 1.78 bits per heavy atom. The molecule has 2 aromatic heterocycles. The summed E-state index contributed by atoms with van der Waals surface area (Å²) in [5.41, 5.74) is 2.92. The number of hydrogen-bond acceptors (Lipinski definition) is 3. The van der Waals surface area contributed by atoms with Gasteiger partial charge in [-0.2, -0.15) is 5.10 Å². The normalized spacial score (nSPS) is 10.2. The van der Waals surface area contributed by atoms with E-state index < -0.39 is 0 Å². The molecular formula is C14H12N4. The molecule has 0 radical (unpaired) electrons. The summed E-state index contributed by atoms with van der Waals surface area (Å²) < 4.78 is 1.83. The minimum absolute atomic E-state index is 0.937. The summed E-state index contributed by atoms with van der Waals surface area (Å²) >= 11 is 0. The van der Waals surface area contributed by atoms with E-state index in [0.29, 0.717) is 0 Å². The summed E-state index contributed by atoms with van der Waals surface area (Å²) in [6.07, 6.45) is 7.26. The third kappa shape index (κ3) is 2.22. The van der Waals surface area contributed by atoms with Gasteiger partial charge < -0.3 is 5.32 Å². The van der Waals surface area contributed by atoms with E-state index in [1.807, 2.05) is 53.3 Å². The summed E-state index contributed by atoms with van der Waals surface area (Å²) in [6.45, 7) is 0. The second-order valence-electron chi connectivity index (χ2n) is 3.88. The molecule has 0 aliphatic rings. The van der Waals surface area contributed by atoms with Crippen molar-refractivity contribution in [1.29, 1.82) is 0 Å². The molecule has 1 aromatic carbocycles. The average molecular weight is 236 g/mol. The Hall–Kier alpha value is -2.62. The zero-order chi connectivity index (χ0) is 12.2. The smallest absolute Gasteiger partial charge is 0.0775 e. The number of pyridine rings is 1. The lowest BCUT2D eigenvalue weighted by atomic mass is 10.3. The summed E-state index contributed by atoms with van der Waals surface area (Å²) in [4.78, 5) is 4.06. The molecule has 88 valence electrons. The number of nitrogens with zero attached hydrogens (tertiary/aromatic N) is 3. The fourth-order valence-electron chi connectivity index (χ4n) is 1.71. The molecule has 0 saturated carbocycles. The number of benzene rings is 1. The monoisotopic (exact) mass is 236 g/mol. The Morgan fingerprint density at radius 1 is 0.889 bits per heavy atom. The van der Waals surface area contributed by atoms with Crippen molar-refractivity contribution in [2.75, 3.05) is 5.32 Å². The number of para-hydroxylation sites is 1. The van der Waals surface area contributed by atoms with E-state index >= 15 is 0 Å². The third-order valence-corrected chi connectivity index (χ3v) is 2.55. The molecule has 0 fully saturated rings. The molecule has 18 heavy (non-hydrogen) atoms. The van der Waals surface area contributed by atoms with Crippen molar-refractivity contribution in [2.24, 2.45) is 0 Å². The van der Waals surface area contributed by atoms with Crippen LogP contribution in [0.1, 0.15) is 0 Å². The maximum absolute atomic E-state index is 4.32. The van der Waals surface area contributed by atoms with Crippen molar-refractivity contribution in [3.05, 3.63) is 67.3 Å². The van der Waals surface area contributed by atoms with E-state index in [1.165, 1.54) is 0 Å². The fraction of sp³-hybridized carbons (Fsp3) is 0. The van der Waals surface area contributed by atoms with Gasteiger partial charge >= 0.3 is 0 Å². The van der Waals surface area contributed by atoms with E-state index in [0.717, 1.165) is 17.1 Å². The lowest BCUT2D eigenvalue weighted by Crippen LogP contribution is -1.93. The third-order valence-electron chi connectivity index (χ3n) is 2.55. The Kier molecular flexibility index (Phi) is 2.75. The van der Waals surface area contributed by atoms with Gasteiger partial charge in [-0.05, 0) is 24.3 Å². The summed E-state index contributed by atoms with van der Waals surface area (Å²) in [6, 6.07) is 13.9. The van der Waals surface area contributed by atoms with Gasteiger partial charge in [-0.25, -0.2) is 4.68 Å². The quantitative estimate of drug-likeness (QED) is 0.760. The summed E-state index contributed by atoms with van der Waals surface area (Å²) in [7, 11) is 0. The SMILES string of the molecule is c1ccc(-n2cc(Nc3cccnc3)cn2)cc1. The van der Waals surface area contributed by atoms with Crippen molar-refractivity contribution >= 4 is 11.4 Å². The fourth-order valence-corrected chi connectivity index (χ4v) is 1.71. The molecule has 3 rings (SSSR count). The molecular weight excluding hydrogens is 224 g/mol. The van der Waals surface area contributed by atoms with Gasteiger partial charge in [0.25, 0.3) is 0 Å². The molecule has 1 N–H and O–H groups in total. The second-order valence-corrected chi connectivity index (χ2v) is 3.88. The molecule has 4 nitrogen and oxygen atoms in total. The molecule has 0 saturated heterocycles. The number of aromatic nitrogens is 3. The summed E-state index contributed by atoms with van der Waals surface area (Å²) in [5, 5.41) is 7.56. The van der Waals surface area contributed by atoms with E-state index in [2.05, 4.69) is 15.4 Å². The van der Waals surface area contributed by atoms with Crippen LogP contribution in [0.15, 0.2) is 67.3 Å². The van der Waals surface area contributed by atoms with Gasteiger partial charge in [0.2, 0.25) is 0 Å². The molecule has 0 aliphatic carbocycles. The van der Waals surface area contributed by atoms with Crippen molar-refractivity contribution in [2.45, 2.75) is 0 Å². The number of hydrogen-bond donors (Lipinski definition) is 1. The van der Waals surface area contributed by atoms with Crippen LogP contribution in [0.4, 0.5) is 11.4 Å². The van der Waals surface area contributed by atoms with E-state index in [1.54, 1.807) is 18.6 Å². The van der Waals surface area contributed by atoms with Crippen LogP contribution in [0.25, 0.3) is 5.69 Å². The van der Waals surface area contributed by atoms with Gasteiger partial charge in [0.1, 0.15) is 0 Å². The highest BCUT2D eigenvalue weighted by Gasteiger charge is 2.00. The van der Waals surface area contributed by atoms with Crippen LogP contribution >= 0.6 is 0 Å². The van der Waals surface area contributed by atoms with Crippen molar-refractivity contribution in [3.63, 3.8) is 0 Å². The largest absolute Gasteiger partial charge is 0.352 e. The molecule has 0 spiro atoms. The molecule has 0 aliphatic heterocycles. The molecule has 0 unspecified atom stereocenters. The maximum Gasteiger partial charge on any atom is 0.0775 e. The van der Waals surface area contributed by atoms with Crippen LogP contribution in [0.2, 0.25) is 0 Å². The van der Waals surface area contributed by atoms with Crippen LogP contribution in [-0.2, 0) is 0 Å². The van der Waals surface area contributed by atoms with Crippen LogP contribution in [0, 0.1) is 0 Å². The van der Waals surface area contributed by atoms with E-state index in [9.17, 15) is 0 Å².